The Hall–Kier alpha value is -3.76. The van der Waals surface area contributed by atoms with Gasteiger partial charge >= 0.3 is 5.97 Å². The van der Waals surface area contributed by atoms with Gasteiger partial charge in [-0.2, -0.15) is 0 Å². The van der Waals surface area contributed by atoms with Crippen LogP contribution in [0.25, 0.3) is 0 Å². The fourth-order valence-corrected chi connectivity index (χ4v) is 8.46. The predicted octanol–water partition coefficient (Wildman–Crippen LogP) is 6.56. The Morgan fingerprint density at radius 3 is 2.34 bits per heavy atom. The first kappa shape index (κ1) is 23.4. The molecular formula is C34H32N2O2. The van der Waals surface area contributed by atoms with Crippen LogP contribution in [0.4, 0.5) is 0 Å². The van der Waals surface area contributed by atoms with Gasteiger partial charge in [-0.1, -0.05) is 78.9 Å². The fourth-order valence-electron chi connectivity index (χ4n) is 8.46. The first-order valence-corrected chi connectivity index (χ1v) is 13.6. The summed E-state index contributed by atoms with van der Waals surface area (Å²) in [6, 6.07) is 35.0. The number of hydrogen-bond acceptors (Lipinski definition) is 4. The number of rotatable bonds is 6. The number of esters is 1. The third-order valence-corrected chi connectivity index (χ3v) is 9.61. The summed E-state index contributed by atoms with van der Waals surface area (Å²) in [6.45, 7) is 1.95. The van der Waals surface area contributed by atoms with Crippen LogP contribution in [-0.4, -0.2) is 29.5 Å². The molecule has 3 saturated carbocycles. The molecule has 0 radical (unpaired) electrons. The zero-order valence-electron chi connectivity index (χ0n) is 21.7. The van der Waals surface area contributed by atoms with Crippen molar-refractivity contribution in [2.24, 2.45) is 11.3 Å². The van der Waals surface area contributed by atoms with Crippen LogP contribution < -0.4 is 0 Å². The Bertz CT molecular complexity index is 1450. The Labute approximate surface area is 224 Å². The van der Waals surface area contributed by atoms with E-state index in [1.807, 2.05) is 30.6 Å². The van der Waals surface area contributed by atoms with Gasteiger partial charge in [-0.3, -0.25) is 9.88 Å². The lowest BCUT2D eigenvalue weighted by atomic mass is 9.52. The number of aromatic nitrogens is 1. The van der Waals surface area contributed by atoms with Crippen LogP contribution in [0.1, 0.15) is 57.4 Å². The normalized spacial score (nSPS) is 29.4. The number of benzene rings is 3. The molecular weight excluding hydrogens is 468 g/mol. The SMILES string of the molecule is COC(=O)c1cccc(C23CC4(C2)[C@H](CN(Cc2cccnc2)[C@@H]4c2ccccc2)C3c2ccccc2)c1. The van der Waals surface area contributed by atoms with Crippen molar-refractivity contribution >= 4 is 5.97 Å². The summed E-state index contributed by atoms with van der Waals surface area (Å²) in [4.78, 5) is 19.6. The van der Waals surface area contributed by atoms with Crippen LogP contribution in [0.3, 0.4) is 0 Å². The highest BCUT2D eigenvalue weighted by molar-refractivity contribution is 5.89. The van der Waals surface area contributed by atoms with Gasteiger partial charge in [0.1, 0.15) is 0 Å². The van der Waals surface area contributed by atoms with Crippen molar-refractivity contribution in [3.8, 4) is 0 Å². The lowest BCUT2D eigenvalue weighted by Crippen LogP contribution is -2.47. The van der Waals surface area contributed by atoms with E-state index in [4.69, 9.17) is 4.74 Å². The van der Waals surface area contributed by atoms with Crippen LogP contribution in [0, 0.1) is 11.3 Å². The maximum atomic E-state index is 12.5. The smallest absolute Gasteiger partial charge is 0.337 e. The number of carbonyl (C=O) groups is 1. The third kappa shape index (κ3) is 3.40. The van der Waals surface area contributed by atoms with Crippen molar-refractivity contribution in [2.45, 2.75) is 36.8 Å². The first-order valence-electron chi connectivity index (χ1n) is 13.6. The molecule has 0 amide bonds. The average molecular weight is 501 g/mol. The highest BCUT2D eigenvalue weighted by atomic mass is 16.5. The van der Waals surface area contributed by atoms with E-state index in [2.05, 4.69) is 88.7 Å². The van der Waals surface area contributed by atoms with Crippen LogP contribution in [0.2, 0.25) is 0 Å². The molecule has 8 rings (SSSR count). The van der Waals surface area contributed by atoms with E-state index in [-0.39, 0.29) is 16.8 Å². The van der Waals surface area contributed by atoms with Gasteiger partial charge in [-0.15, -0.1) is 0 Å². The standard InChI is InChI=1S/C34H32N2O2/c1-38-32(37)27-15-8-16-28(18-27)33-22-34(23-33)29(30(33)25-11-4-2-5-12-25)21-36(20-24-10-9-17-35-19-24)31(34)26-13-6-3-7-14-26/h2-19,29-31H,20-23H2,1H3/t29-,30?,31-,33?,34?/m1/s1. The summed E-state index contributed by atoms with van der Waals surface area (Å²) >= 11 is 0. The van der Waals surface area contributed by atoms with Crippen LogP contribution >= 0.6 is 0 Å². The zero-order valence-corrected chi connectivity index (χ0v) is 21.7. The van der Waals surface area contributed by atoms with E-state index in [1.54, 1.807) is 0 Å². The molecule has 1 aromatic heterocycles. The van der Waals surface area contributed by atoms with Gasteiger partial charge in [0.2, 0.25) is 0 Å². The average Bonchev–Trinajstić information content (AvgIpc) is 3.52. The van der Waals surface area contributed by atoms with E-state index in [0.29, 0.717) is 23.4 Å². The Kier molecular flexibility index (Phi) is 5.48. The zero-order chi connectivity index (χ0) is 25.7. The molecule has 1 aliphatic heterocycles. The van der Waals surface area contributed by atoms with Crippen molar-refractivity contribution in [3.63, 3.8) is 0 Å². The molecule has 1 unspecified atom stereocenters. The molecule has 0 N–H and O–H groups in total. The minimum Gasteiger partial charge on any atom is -0.465 e. The van der Waals surface area contributed by atoms with Gasteiger partial charge in [0.25, 0.3) is 0 Å². The van der Waals surface area contributed by atoms with Gasteiger partial charge in [-0.05, 0) is 70.5 Å². The van der Waals surface area contributed by atoms with E-state index in [1.165, 1.54) is 29.4 Å². The second-order valence-electron chi connectivity index (χ2n) is 11.4. The molecule has 4 heteroatoms. The van der Waals surface area contributed by atoms with Gasteiger partial charge in [0, 0.05) is 36.9 Å². The Morgan fingerprint density at radius 1 is 0.921 bits per heavy atom. The van der Waals surface area contributed by atoms with E-state index in [9.17, 15) is 4.79 Å². The van der Waals surface area contributed by atoms with Crippen LogP contribution in [0.15, 0.2) is 109 Å². The summed E-state index contributed by atoms with van der Waals surface area (Å²) in [5, 5.41) is 0. The van der Waals surface area contributed by atoms with E-state index in [0.717, 1.165) is 25.9 Å². The second-order valence-corrected chi connectivity index (χ2v) is 11.4. The molecule has 3 aromatic carbocycles. The second kappa shape index (κ2) is 8.92. The largest absolute Gasteiger partial charge is 0.465 e. The molecule has 3 atom stereocenters. The molecule has 38 heavy (non-hydrogen) atoms. The van der Waals surface area contributed by atoms with E-state index < -0.39 is 0 Å². The number of nitrogens with zero attached hydrogens (tertiary/aromatic N) is 2. The summed E-state index contributed by atoms with van der Waals surface area (Å²) in [7, 11) is 1.46. The Balaban J connectivity index is 1.35. The van der Waals surface area contributed by atoms with Crippen molar-refractivity contribution in [1.82, 2.24) is 9.88 Å². The van der Waals surface area contributed by atoms with Crippen molar-refractivity contribution < 1.29 is 9.53 Å². The summed E-state index contributed by atoms with van der Waals surface area (Å²) in [6.07, 6.45) is 6.10. The third-order valence-electron chi connectivity index (χ3n) is 9.61. The number of hydrogen-bond donors (Lipinski definition) is 0. The van der Waals surface area contributed by atoms with Crippen LogP contribution in [0.5, 0.6) is 0 Å². The molecule has 2 bridgehead atoms. The quantitative estimate of drug-likeness (QED) is 0.281. The van der Waals surface area contributed by atoms with Gasteiger partial charge in [0.15, 0.2) is 0 Å². The van der Waals surface area contributed by atoms with E-state index >= 15 is 0 Å². The molecule has 2 heterocycles. The predicted molar refractivity (Wildman–Crippen MR) is 148 cm³/mol. The lowest BCUT2D eigenvalue weighted by Gasteiger charge is -2.53. The summed E-state index contributed by atoms with van der Waals surface area (Å²) in [5.74, 6) is 0.645. The highest BCUT2D eigenvalue weighted by Gasteiger charge is 2.77. The summed E-state index contributed by atoms with van der Waals surface area (Å²) in [5.41, 5.74) is 6.20. The van der Waals surface area contributed by atoms with Gasteiger partial charge in [0.05, 0.1) is 12.7 Å². The fraction of sp³-hybridized carbons (Fsp3) is 0.294. The minimum absolute atomic E-state index is 0.0173. The summed E-state index contributed by atoms with van der Waals surface area (Å²) < 4.78 is 5.08. The van der Waals surface area contributed by atoms with Gasteiger partial charge < -0.3 is 4.74 Å². The maximum absolute atomic E-state index is 12.5. The first-order chi connectivity index (χ1) is 18.6. The molecule has 4 aromatic rings. The lowest BCUT2D eigenvalue weighted by molar-refractivity contribution is 0.0296. The Morgan fingerprint density at radius 2 is 1.66 bits per heavy atom. The maximum Gasteiger partial charge on any atom is 0.337 e. The minimum atomic E-state index is -0.267. The molecule has 1 spiro atoms. The number of methoxy groups -OCH3 is 1. The van der Waals surface area contributed by atoms with Crippen LogP contribution in [-0.2, 0) is 16.7 Å². The van der Waals surface area contributed by atoms with Crippen molar-refractivity contribution in [2.75, 3.05) is 13.7 Å². The number of ether oxygens (including phenoxy) is 1. The molecule has 190 valence electrons. The monoisotopic (exact) mass is 500 g/mol. The molecule has 4 nitrogen and oxygen atoms in total. The van der Waals surface area contributed by atoms with Gasteiger partial charge in [-0.25, -0.2) is 4.79 Å². The molecule has 4 aliphatic rings. The van der Waals surface area contributed by atoms with Crippen molar-refractivity contribution in [3.05, 3.63) is 137 Å². The number of pyridine rings is 1. The number of likely N-dealkylation sites (tertiary alicyclic amines) is 1. The topological polar surface area (TPSA) is 42.4 Å². The highest BCUT2D eigenvalue weighted by Crippen LogP contribution is 2.82. The number of carbonyl (C=O) groups excluding carboxylic acids is 1. The molecule has 3 aliphatic carbocycles. The molecule has 4 fully saturated rings. The van der Waals surface area contributed by atoms with Crippen molar-refractivity contribution in [1.29, 1.82) is 0 Å². The molecule has 1 saturated heterocycles.